The van der Waals surface area contributed by atoms with Gasteiger partial charge in [-0.3, -0.25) is 0 Å². The number of ether oxygens (including phenoxy) is 1. The normalized spacial score (nSPS) is 25.3. The summed E-state index contributed by atoms with van der Waals surface area (Å²) in [5.74, 6) is 0.768. The summed E-state index contributed by atoms with van der Waals surface area (Å²) in [5, 5.41) is 3.86. The van der Waals surface area contributed by atoms with Crippen LogP contribution in [0.3, 0.4) is 0 Å². The Morgan fingerprint density at radius 2 is 2.05 bits per heavy atom. The van der Waals surface area contributed by atoms with Gasteiger partial charge in [-0.05, 0) is 55.7 Å². The molecule has 19 heavy (non-hydrogen) atoms. The summed E-state index contributed by atoms with van der Waals surface area (Å²) in [4.78, 5) is 0. The van der Waals surface area contributed by atoms with Gasteiger partial charge in [-0.1, -0.05) is 28.1 Å². The molecule has 1 saturated heterocycles. The van der Waals surface area contributed by atoms with Crippen LogP contribution >= 0.6 is 15.9 Å². The molecule has 1 aliphatic carbocycles. The van der Waals surface area contributed by atoms with E-state index in [2.05, 4.69) is 46.4 Å². The SMILES string of the molecule is CC(NC1CCc2c(Br)cccc21)C1CCOCC1. The second-order valence-electron chi connectivity index (χ2n) is 5.80. The van der Waals surface area contributed by atoms with Crippen LogP contribution in [0.25, 0.3) is 0 Å². The summed E-state index contributed by atoms with van der Waals surface area (Å²) in [6.45, 7) is 4.21. The lowest BCUT2D eigenvalue weighted by Crippen LogP contribution is -2.38. The number of benzene rings is 1. The van der Waals surface area contributed by atoms with Crippen molar-refractivity contribution >= 4 is 15.9 Å². The lowest BCUT2D eigenvalue weighted by atomic mass is 9.92. The third-order valence-electron chi connectivity index (χ3n) is 4.65. The van der Waals surface area contributed by atoms with Crippen LogP contribution < -0.4 is 5.32 Å². The first-order valence-electron chi connectivity index (χ1n) is 7.37. The van der Waals surface area contributed by atoms with Crippen LogP contribution in [0.2, 0.25) is 0 Å². The summed E-state index contributed by atoms with van der Waals surface area (Å²) in [6.07, 6.45) is 4.82. The van der Waals surface area contributed by atoms with Crippen LogP contribution in [0.15, 0.2) is 22.7 Å². The second kappa shape index (κ2) is 5.94. The number of fused-ring (bicyclic) bond motifs is 1. The topological polar surface area (TPSA) is 21.3 Å². The molecule has 2 aliphatic rings. The Bertz CT molecular complexity index is 442. The predicted molar refractivity (Wildman–Crippen MR) is 81.3 cm³/mol. The van der Waals surface area contributed by atoms with E-state index in [0.717, 1.165) is 19.1 Å². The fraction of sp³-hybridized carbons (Fsp3) is 0.625. The van der Waals surface area contributed by atoms with E-state index in [1.54, 1.807) is 0 Å². The first kappa shape index (κ1) is 13.6. The van der Waals surface area contributed by atoms with E-state index < -0.39 is 0 Å². The standard InChI is InChI=1S/C16H22BrNO/c1-11(12-7-9-19-10-8-12)18-16-6-5-13-14(16)3-2-4-15(13)17/h2-4,11-12,16,18H,5-10H2,1H3. The van der Waals surface area contributed by atoms with Crippen molar-refractivity contribution in [2.75, 3.05) is 13.2 Å². The molecule has 1 fully saturated rings. The maximum absolute atomic E-state index is 5.46. The number of hydrogen-bond donors (Lipinski definition) is 1. The second-order valence-corrected chi connectivity index (χ2v) is 6.66. The predicted octanol–water partition coefficient (Wildman–Crippen LogP) is 3.84. The maximum atomic E-state index is 5.46. The Labute approximate surface area is 124 Å². The van der Waals surface area contributed by atoms with Gasteiger partial charge in [-0.15, -0.1) is 0 Å². The molecule has 1 heterocycles. The van der Waals surface area contributed by atoms with Gasteiger partial charge in [0.05, 0.1) is 0 Å². The molecule has 2 unspecified atom stereocenters. The first-order chi connectivity index (χ1) is 9.25. The zero-order chi connectivity index (χ0) is 13.2. The minimum absolute atomic E-state index is 0.533. The molecule has 1 aromatic carbocycles. The lowest BCUT2D eigenvalue weighted by molar-refractivity contribution is 0.0544. The van der Waals surface area contributed by atoms with Gasteiger partial charge in [0.15, 0.2) is 0 Å². The molecule has 3 rings (SSSR count). The Morgan fingerprint density at radius 3 is 2.84 bits per heavy atom. The molecule has 1 N–H and O–H groups in total. The molecular weight excluding hydrogens is 302 g/mol. The zero-order valence-electron chi connectivity index (χ0n) is 11.5. The van der Waals surface area contributed by atoms with Gasteiger partial charge in [0, 0.05) is 29.8 Å². The van der Waals surface area contributed by atoms with Crippen molar-refractivity contribution in [2.45, 2.75) is 44.7 Å². The fourth-order valence-corrected chi connectivity index (χ4v) is 4.03. The van der Waals surface area contributed by atoms with Crippen molar-refractivity contribution in [1.82, 2.24) is 5.32 Å². The third kappa shape index (κ3) is 2.88. The van der Waals surface area contributed by atoms with Gasteiger partial charge in [0.25, 0.3) is 0 Å². The largest absolute Gasteiger partial charge is 0.381 e. The summed E-state index contributed by atoms with van der Waals surface area (Å²) in [6, 6.07) is 7.70. The number of rotatable bonds is 3. The molecule has 0 aromatic heterocycles. The minimum atomic E-state index is 0.533. The summed E-state index contributed by atoms with van der Waals surface area (Å²) in [7, 11) is 0. The van der Waals surface area contributed by atoms with Crippen LogP contribution in [0.5, 0.6) is 0 Å². The molecule has 0 radical (unpaired) electrons. The minimum Gasteiger partial charge on any atom is -0.381 e. The Hall–Kier alpha value is -0.380. The van der Waals surface area contributed by atoms with Gasteiger partial charge in [-0.25, -0.2) is 0 Å². The number of nitrogens with one attached hydrogen (secondary N) is 1. The highest BCUT2D eigenvalue weighted by Crippen LogP contribution is 2.36. The Balaban J connectivity index is 1.67. The average molecular weight is 324 g/mol. The highest BCUT2D eigenvalue weighted by atomic mass is 79.9. The van der Waals surface area contributed by atoms with E-state index in [4.69, 9.17) is 4.74 Å². The molecule has 0 saturated carbocycles. The molecule has 2 atom stereocenters. The maximum Gasteiger partial charge on any atom is 0.0469 e. The third-order valence-corrected chi connectivity index (χ3v) is 5.39. The molecular formula is C16H22BrNO. The van der Waals surface area contributed by atoms with Crippen LogP contribution in [0.1, 0.15) is 43.4 Å². The van der Waals surface area contributed by atoms with Crippen LogP contribution in [0, 0.1) is 5.92 Å². The van der Waals surface area contributed by atoms with E-state index in [1.807, 2.05) is 0 Å². The van der Waals surface area contributed by atoms with E-state index in [-0.39, 0.29) is 0 Å². The van der Waals surface area contributed by atoms with Crippen molar-refractivity contribution in [2.24, 2.45) is 5.92 Å². The van der Waals surface area contributed by atoms with Crippen molar-refractivity contribution in [3.8, 4) is 0 Å². The van der Waals surface area contributed by atoms with Crippen molar-refractivity contribution < 1.29 is 4.74 Å². The molecule has 2 nitrogen and oxygen atoms in total. The van der Waals surface area contributed by atoms with Crippen LogP contribution in [-0.2, 0) is 11.2 Å². The van der Waals surface area contributed by atoms with Crippen molar-refractivity contribution in [1.29, 1.82) is 0 Å². The van der Waals surface area contributed by atoms with Gasteiger partial charge in [-0.2, -0.15) is 0 Å². The molecule has 0 spiro atoms. The first-order valence-corrected chi connectivity index (χ1v) is 8.16. The molecule has 104 valence electrons. The quantitative estimate of drug-likeness (QED) is 0.912. The van der Waals surface area contributed by atoms with E-state index in [9.17, 15) is 0 Å². The van der Waals surface area contributed by atoms with E-state index in [1.165, 1.54) is 41.3 Å². The molecule has 1 aliphatic heterocycles. The number of hydrogen-bond acceptors (Lipinski definition) is 2. The van der Waals surface area contributed by atoms with E-state index in [0.29, 0.717) is 12.1 Å². The molecule has 3 heteroatoms. The van der Waals surface area contributed by atoms with Crippen LogP contribution in [-0.4, -0.2) is 19.3 Å². The zero-order valence-corrected chi connectivity index (χ0v) is 13.1. The Kier molecular flexibility index (Phi) is 4.25. The fourth-order valence-electron chi connectivity index (χ4n) is 3.45. The van der Waals surface area contributed by atoms with Gasteiger partial charge in [0.2, 0.25) is 0 Å². The number of halogens is 1. The lowest BCUT2D eigenvalue weighted by Gasteiger charge is -2.31. The monoisotopic (exact) mass is 323 g/mol. The van der Waals surface area contributed by atoms with Gasteiger partial charge in [0.1, 0.15) is 0 Å². The summed E-state index contributed by atoms with van der Waals surface area (Å²) >= 11 is 3.67. The smallest absolute Gasteiger partial charge is 0.0469 e. The van der Waals surface area contributed by atoms with E-state index >= 15 is 0 Å². The molecule has 0 amide bonds. The highest BCUT2D eigenvalue weighted by molar-refractivity contribution is 9.10. The highest BCUT2D eigenvalue weighted by Gasteiger charge is 2.28. The molecule has 1 aromatic rings. The van der Waals surface area contributed by atoms with Crippen LogP contribution in [0.4, 0.5) is 0 Å². The summed E-state index contributed by atoms with van der Waals surface area (Å²) in [5.41, 5.74) is 2.99. The average Bonchev–Trinajstić information content (AvgIpc) is 2.84. The van der Waals surface area contributed by atoms with Gasteiger partial charge >= 0.3 is 0 Å². The van der Waals surface area contributed by atoms with Gasteiger partial charge < -0.3 is 10.1 Å². The van der Waals surface area contributed by atoms with Crippen molar-refractivity contribution in [3.63, 3.8) is 0 Å². The van der Waals surface area contributed by atoms with Crippen molar-refractivity contribution in [3.05, 3.63) is 33.8 Å². The molecule has 0 bridgehead atoms. The Morgan fingerprint density at radius 1 is 1.26 bits per heavy atom. The summed E-state index contributed by atoms with van der Waals surface area (Å²) < 4.78 is 6.73.